The molecule has 0 aliphatic heterocycles. The molecule has 0 saturated heterocycles. The second-order valence-electron chi connectivity index (χ2n) is 4.94. The van der Waals surface area contributed by atoms with Gasteiger partial charge in [-0.05, 0) is 38.1 Å². The molecular weight excluding hydrogens is 268 g/mol. The van der Waals surface area contributed by atoms with Crippen molar-refractivity contribution in [2.75, 3.05) is 7.05 Å². The van der Waals surface area contributed by atoms with E-state index in [0.29, 0.717) is 0 Å². The highest BCUT2D eigenvalue weighted by atomic mass is 32.2. The zero-order valence-electron chi connectivity index (χ0n) is 11.0. The normalized spacial score (nSPS) is 25.8. The van der Waals surface area contributed by atoms with E-state index < -0.39 is 22.4 Å². The monoisotopic (exact) mass is 287 g/mol. The van der Waals surface area contributed by atoms with Crippen LogP contribution in [-0.2, 0) is 10.8 Å². The quantitative estimate of drug-likeness (QED) is 0.866. The Bertz CT molecular complexity index is 467. The van der Waals surface area contributed by atoms with Crippen LogP contribution >= 0.6 is 0 Å². The molecular formula is C14H19F2NOS. The SMILES string of the molecule is CNC1CCCCCC1S(=O)c1cc(F)ccc1F. The molecule has 1 aliphatic carbocycles. The molecule has 19 heavy (non-hydrogen) atoms. The predicted molar refractivity (Wildman–Crippen MR) is 72.5 cm³/mol. The molecule has 2 nitrogen and oxygen atoms in total. The number of benzene rings is 1. The second-order valence-corrected chi connectivity index (χ2v) is 6.58. The van der Waals surface area contributed by atoms with Gasteiger partial charge >= 0.3 is 0 Å². The van der Waals surface area contributed by atoms with Crippen LogP contribution in [0.3, 0.4) is 0 Å². The summed E-state index contributed by atoms with van der Waals surface area (Å²) in [5.41, 5.74) is 0. The van der Waals surface area contributed by atoms with Crippen molar-refractivity contribution in [3.8, 4) is 0 Å². The van der Waals surface area contributed by atoms with E-state index in [1.165, 1.54) is 0 Å². The van der Waals surface area contributed by atoms with Crippen LogP contribution in [0.2, 0.25) is 0 Å². The lowest BCUT2D eigenvalue weighted by atomic mass is 10.1. The van der Waals surface area contributed by atoms with Crippen molar-refractivity contribution < 1.29 is 13.0 Å². The van der Waals surface area contributed by atoms with E-state index in [2.05, 4.69) is 5.32 Å². The molecule has 1 N–H and O–H groups in total. The summed E-state index contributed by atoms with van der Waals surface area (Å²) >= 11 is 0. The number of rotatable bonds is 3. The Morgan fingerprint density at radius 2 is 1.95 bits per heavy atom. The Labute approximate surface area is 115 Å². The van der Waals surface area contributed by atoms with E-state index in [4.69, 9.17) is 0 Å². The smallest absolute Gasteiger partial charge is 0.139 e. The average Bonchev–Trinajstić information content (AvgIpc) is 2.65. The lowest BCUT2D eigenvalue weighted by Gasteiger charge is -2.24. The minimum Gasteiger partial charge on any atom is -0.316 e. The maximum absolute atomic E-state index is 13.7. The van der Waals surface area contributed by atoms with E-state index in [1.807, 2.05) is 7.05 Å². The summed E-state index contributed by atoms with van der Waals surface area (Å²) < 4.78 is 39.5. The summed E-state index contributed by atoms with van der Waals surface area (Å²) in [4.78, 5) is -0.00727. The summed E-state index contributed by atoms with van der Waals surface area (Å²) in [7, 11) is 0.325. The van der Waals surface area contributed by atoms with Crippen LogP contribution in [0.4, 0.5) is 8.78 Å². The van der Waals surface area contributed by atoms with Crippen LogP contribution in [0.25, 0.3) is 0 Å². The molecule has 0 aromatic heterocycles. The van der Waals surface area contributed by atoms with Crippen molar-refractivity contribution >= 4 is 10.8 Å². The van der Waals surface area contributed by atoms with Crippen LogP contribution in [0.1, 0.15) is 32.1 Å². The number of halogens is 2. The van der Waals surface area contributed by atoms with E-state index in [-0.39, 0.29) is 16.2 Å². The fourth-order valence-corrected chi connectivity index (χ4v) is 4.42. The molecule has 3 atom stereocenters. The lowest BCUT2D eigenvalue weighted by Crippen LogP contribution is -2.39. The first-order valence-corrected chi connectivity index (χ1v) is 7.87. The van der Waals surface area contributed by atoms with Gasteiger partial charge in [0.05, 0.1) is 20.9 Å². The van der Waals surface area contributed by atoms with Gasteiger partial charge in [-0.25, -0.2) is 8.78 Å². The third-order valence-corrected chi connectivity index (χ3v) is 5.57. The van der Waals surface area contributed by atoms with Crippen molar-refractivity contribution in [1.82, 2.24) is 5.32 Å². The summed E-state index contributed by atoms with van der Waals surface area (Å²) in [6.07, 6.45) is 4.91. The van der Waals surface area contributed by atoms with Gasteiger partial charge in [-0.1, -0.05) is 19.3 Å². The Hall–Kier alpha value is -0.810. The van der Waals surface area contributed by atoms with Gasteiger partial charge in [0.2, 0.25) is 0 Å². The summed E-state index contributed by atoms with van der Waals surface area (Å²) in [5, 5.41) is 3.02. The second kappa shape index (κ2) is 6.57. The highest BCUT2D eigenvalue weighted by molar-refractivity contribution is 7.85. The van der Waals surface area contributed by atoms with Crippen LogP contribution in [0.5, 0.6) is 0 Å². The highest BCUT2D eigenvalue weighted by Crippen LogP contribution is 2.27. The fourth-order valence-electron chi connectivity index (χ4n) is 2.65. The standard InChI is InChI=1S/C14H19F2NOS/c1-17-12-5-3-2-4-6-13(12)19(18)14-9-10(15)7-8-11(14)16/h7-9,12-13,17H,2-6H2,1H3. The van der Waals surface area contributed by atoms with E-state index in [1.54, 1.807) is 0 Å². The first kappa shape index (κ1) is 14.6. The highest BCUT2D eigenvalue weighted by Gasteiger charge is 2.29. The molecule has 0 amide bonds. The fraction of sp³-hybridized carbons (Fsp3) is 0.571. The molecule has 1 aliphatic rings. The first-order valence-electron chi connectivity index (χ1n) is 6.66. The van der Waals surface area contributed by atoms with Gasteiger partial charge in [-0.15, -0.1) is 0 Å². The van der Waals surface area contributed by atoms with Crippen molar-refractivity contribution in [2.45, 2.75) is 48.3 Å². The molecule has 106 valence electrons. The molecule has 1 aromatic rings. The Balaban J connectivity index is 2.27. The zero-order chi connectivity index (χ0) is 13.8. The van der Waals surface area contributed by atoms with Gasteiger partial charge in [0, 0.05) is 6.04 Å². The molecule has 0 heterocycles. The topological polar surface area (TPSA) is 29.1 Å². The first-order chi connectivity index (χ1) is 9.13. The van der Waals surface area contributed by atoms with Crippen molar-refractivity contribution in [3.63, 3.8) is 0 Å². The minimum absolute atomic E-state index is 0.00727. The van der Waals surface area contributed by atoms with Crippen molar-refractivity contribution in [2.24, 2.45) is 0 Å². The lowest BCUT2D eigenvalue weighted by molar-refractivity contribution is 0.497. The average molecular weight is 287 g/mol. The molecule has 1 saturated carbocycles. The summed E-state index contributed by atoms with van der Waals surface area (Å²) in [6.45, 7) is 0. The maximum Gasteiger partial charge on any atom is 0.139 e. The van der Waals surface area contributed by atoms with Gasteiger partial charge in [0.25, 0.3) is 0 Å². The maximum atomic E-state index is 13.7. The van der Waals surface area contributed by atoms with E-state index in [0.717, 1.165) is 50.3 Å². The largest absolute Gasteiger partial charge is 0.316 e. The predicted octanol–water partition coefficient (Wildman–Crippen LogP) is 2.99. The van der Waals surface area contributed by atoms with Gasteiger partial charge in [0.1, 0.15) is 11.6 Å². The molecule has 1 aromatic carbocycles. The summed E-state index contributed by atoms with van der Waals surface area (Å²) in [6, 6.07) is 3.26. The Kier molecular flexibility index (Phi) is 5.05. The van der Waals surface area contributed by atoms with Crippen LogP contribution < -0.4 is 5.32 Å². The number of hydrogen-bond acceptors (Lipinski definition) is 2. The van der Waals surface area contributed by atoms with E-state index in [9.17, 15) is 13.0 Å². The van der Waals surface area contributed by atoms with Crippen LogP contribution in [-0.4, -0.2) is 22.5 Å². The summed E-state index contributed by atoms with van der Waals surface area (Å²) in [5.74, 6) is -1.13. The minimum atomic E-state index is -1.51. The molecule has 5 heteroatoms. The van der Waals surface area contributed by atoms with Crippen LogP contribution in [0.15, 0.2) is 23.1 Å². The molecule has 2 rings (SSSR count). The zero-order valence-corrected chi connectivity index (χ0v) is 11.8. The molecule has 0 radical (unpaired) electrons. The van der Waals surface area contributed by atoms with E-state index >= 15 is 0 Å². The van der Waals surface area contributed by atoms with Gasteiger partial charge in [-0.2, -0.15) is 0 Å². The molecule has 0 bridgehead atoms. The Morgan fingerprint density at radius 1 is 1.21 bits per heavy atom. The van der Waals surface area contributed by atoms with Crippen LogP contribution in [0, 0.1) is 11.6 Å². The van der Waals surface area contributed by atoms with Gasteiger partial charge < -0.3 is 5.32 Å². The third kappa shape index (κ3) is 3.39. The molecule has 3 unspecified atom stereocenters. The van der Waals surface area contributed by atoms with Crippen molar-refractivity contribution in [3.05, 3.63) is 29.8 Å². The Morgan fingerprint density at radius 3 is 2.68 bits per heavy atom. The number of nitrogens with one attached hydrogen (secondary N) is 1. The number of hydrogen-bond donors (Lipinski definition) is 1. The van der Waals surface area contributed by atoms with Crippen molar-refractivity contribution in [1.29, 1.82) is 0 Å². The molecule has 0 spiro atoms. The third-order valence-electron chi connectivity index (χ3n) is 3.71. The molecule has 1 fully saturated rings. The van der Waals surface area contributed by atoms with Gasteiger partial charge in [0.15, 0.2) is 0 Å². The van der Waals surface area contributed by atoms with Gasteiger partial charge in [-0.3, -0.25) is 4.21 Å².